The Labute approximate surface area is 169 Å². The molecule has 0 aliphatic heterocycles. The lowest BCUT2D eigenvalue weighted by atomic mass is 10.1. The molecule has 5 nitrogen and oxygen atoms in total. The summed E-state index contributed by atoms with van der Waals surface area (Å²) in [6, 6.07) is 17.9. The maximum absolute atomic E-state index is 12.5. The Morgan fingerprint density at radius 1 is 0.893 bits per heavy atom. The van der Waals surface area contributed by atoms with Crippen LogP contribution < -0.4 is 10.0 Å². The van der Waals surface area contributed by atoms with Crippen LogP contribution in [0.25, 0.3) is 0 Å². The molecular weight excluding hydrogens is 396 g/mol. The van der Waals surface area contributed by atoms with Crippen molar-refractivity contribution in [1.82, 2.24) is 0 Å². The van der Waals surface area contributed by atoms with E-state index in [1.165, 1.54) is 24.3 Å². The van der Waals surface area contributed by atoms with Gasteiger partial charge in [0.15, 0.2) is 0 Å². The number of carbonyl (C=O) groups is 1. The predicted octanol–water partition coefficient (Wildman–Crippen LogP) is 5.01. The zero-order valence-corrected chi connectivity index (χ0v) is 16.9. The lowest BCUT2D eigenvalue weighted by Crippen LogP contribution is -2.15. The largest absolute Gasteiger partial charge is 0.322 e. The van der Waals surface area contributed by atoms with Gasteiger partial charge in [0.2, 0.25) is 0 Å². The number of rotatable bonds is 5. The summed E-state index contributed by atoms with van der Waals surface area (Å²) in [7, 11) is -3.76. The minimum atomic E-state index is -3.76. The van der Waals surface area contributed by atoms with Gasteiger partial charge in [-0.05, 0) is 79.6 Å². The van der Waals surface area contributed by atoms with Gasteiger partial charge in [0, 0.05) is 22.0 Å². The predicted molar refractivity (Wildman–Crippen MR) is 113 cm³/mol. The molecule has 0 saturated carbocycles. The topological polar surface area (TPSA) is 75.3 Å². The average molecular weight is 415 g/mol. The third kappa shape index (κ3) is 4.71. The van der Waals surface area contributed by atoms with Crippen molar-refractivity contribution in [3.05, 3.63) is 88.4 Å². The number of hydrogen-bond acceptors (Lipinski definition) is 3. The van der Waals surface area contributed by atoms with Crippen LogP contribution in [0.2, 0.25) is 5.02 Å². The van der Waals surface area contributed by atoms with Gasteiger partial charge in [-0.1, -0.05) is 23.7 Å². The van der Waals surface area contributed by atoms with Gasteiger partial charge < -0.3 is 5.32 Å². The minimum absolute atomic E-state index is 0.0609. The highest BCUT2D eigenvalue weighted by atomic mass is 35.5. The molecule has 0 radical (unpaired) electrons. The molecule has 0 bridgehead atoms. The Morgan fingerprint density at radius 3 is 2.18 bits per heavy atom. The first kappa shape index (κ1) is 19.9. The van der Waals surface area contributed by atoms with Crippen LogP contribution >= 0.6 is 11.6 Å². The highest BCUT2D eigenvalue weighted by Crippen LogP contribution is 2.20. The van der Waals surface area contributed by atoms with Gasteiger partial charge in [-0.25, -0.2) is 8.42 Å². The van der Waals surface area contributed by atoms with E-state index in [9.17, 15) is 13.2 Å². The summed E-state index contributed by atoms with van der Waals surface area (Å²) in [6.07, 6.45) is 0. The zero-order chi connectivity index (χ0) is 20.3. The van der Waals surface area contributed by atoms with Crippen molar-refractivity contribution in [2.75, 3.05) is 10.0 Å². The maximum Gasteiger partial charge on any atom is 0.261 e. The van der Waals surface area contributed by atoms with E-state index >= 15 is 0 Å². The Bertz CT molecular complexity index is 1110. The average Bonchev–Trinajstić information content (AvgIpc) is 2.66. The summed E-state index contributed by atoms with van der Waals surface area (Å²) >= 11 is 5.81. The summed E-state index contributed by atoms with van der Waals surface area (Å²) in [5.41, 5.74) is 3.49. The Hall–Kier alpha value is -2.83. The fourth-order valence-corrected chi connectivity index (χ4v) is 3.77. The zero-order valence-electron chi connectivity index (χ0n) is 15.4. The van der Waals surface area contributed by atoms with Crippen molar-refractivity contribution in [3.63, 3.8) is 0 Å². The van der Waals surface area contributed by atoms with E-state index in [1.54, 1.807) is 24.3 Å². The molecule has 3 aromatic carbocycles. The summed E-state index contributed by atoms with van der Waals surface area (Å²) in [5.74, 6) is -0.302. The van der Waals surface area contributed by atoms with Gasteiger partial charge >= 0.3 is 0 Å². The van der Waals surface area contributed by atoms with Crippen LogP contribution in [0.15, 0.2) is 71.6 Å². The van der Waals surface area contributed by atoms with E-state index in [2.05, 4.69) is 10.0 Å². The molecule has 7 heteroatoms. The highest BCUT2D eigenvalue weighted by Gasteiger charge is 2.15. The molecule has 0 heterocycles. The molecule has 0 aromatic heterocycles. The molecule has 144 valence electrons. The monoisotopic (exact) mass is 414 g/mol. The molecule has 28 heavy (non-hydrogen) atoms. The molecule has 0 atom stereocenters. The van der Waals surface area contributed by atoms with Crippen molar-refractivity contribution >= 4 is 38.9 Å². The molecule has 1 amide bonds. The minimum Gasteiger partial charge on any atom is -0.322 e. The molecule has 0 fully saturated rings. The second-order valence-electron chi connectivity index (χ2n) is 6.41. The number of benzene rings is 3. The van der Waals surface area contributed by atoms with Crippen LogP contribution in [-0.4, -0.2) is 14.3 Å². The summed E-state index contributed by atoms with van der Waals surface area (Å²) < 4.78 is 27.5. The normalized spacial score (nSPS) is 11.1. The van der Waals surface area contributed by atoms with E-state index < -0.39 is 10.0 Å². The van der Waals surface area contributed by atoms with E-state index in [4.69, 9.17) is 11.6 Å². The lowest BCUT2D eigenvalue weighted by molar-refractivity contribution is 0.102. The number of amides is 1. The van der Waals surface area contributed by atoms with Gasteiger partial charge in [-0.3, -0.25) is 9.52 Å². The van der Waals surface area contributed by atoms with E-state index in [-0.39, 0.29) is 10.8 Å². The fourth-order valence-electron chi connectivity index (χ4n) is 2.58. The lowest BCUT2D eigenvalue weighted by Gasteiger charge is -2.11. The van der Waals surface area contributed by atoms with Gasteiger partial charge in [0.1, 0.15) is 0 Å². The van der Waals surface area contributed by atoms with Gasteiger partial charge in [-0.15, -0.1) is 0 Å². The van der Waals surface area contributed by atoms with Gasteiger partial charge in [-0.2, -0.15) is 0 Å². The number of hydrogen-bond donors (Lipinski definition) is 2. The molecule has 3 rings (SSSR count). The van der Waals surface area contributed by atoms with E-state index in [0.717, 1.165) is 16.8 Å². The number of sulfonamides is 1. The Kier molecular flexibility index (Phi) is 5.72. The maximum atomic E-state index is 12.5. The quantitative estimate of drug-likeness (QED) is 0.616. The van der Waals surface area contributed by atoms with Crippen molar-refractivity contribution < 1.29 is 13.2 Å². The van der Waals surface area contributed by atoms with Crippen LogP contribution in [-0.2, 0) is 10.0 Å². The van der Waals surface area contributed by atoms with Gasteiger partial charge in [0.25, 0.3) is 15.9 Å². The Balaban J connectivity index is 1.75. The first-order valence-electron chi connectivity index (χ1n) is 8.52. The summed E-state index contributed by atoms with van der Waals surface area (Å²) in [4.78, 5) is 12.5. The molecule has 3 aromatic rings. The number of aryl methyl sites for hydroxylation is 2. The molecular formula is C21H19ClN2O3S. The second-order valence-corrected chi connectivity index (χ2v) is 8.53. The number of carbonyl (C=O) groups excluding carboxylic acids is 1. The van der Waals surface area contributed by atoms with Crippen molar-refractivity contribution in [1.29, 1.82) is 0 Å². The fraction of sp³-hybridized carbons (Fsp3) is 0.0952. The van der Waals surface area contributed by atoms with Crippen LogP contribution in [0.1, 0.15) is 21.5 Å². The number of halogens is 1. The summed E-state index contributed by atoms with van der Waals surface area (Å²) in [6.45, 7) is 3.86. The van der Waals surface area contributed by atoms with Gasteiger partial charge in [0.05, 0.1) is 4.90 Å². The van der Waals surface area contributed by atoms with Crippen molar-refractivity contribution in [3.8, 4) is 0 Å². The first-order chi connectivity index (χ1) is 13.2. The van der Waals surface area contributed by atoms with E-state index in [1.807, 2.05) is 32.0 Å². The highest BCUT2D eigenvalue weighted by molar-refractivity contribution is 7.92. The van der Waals surface area contributed by atoms with Crippen LogP contribution in [0.4, 0.5) is 11.4 Å². The molecule has 0 saturated heterocycles. The van der Waals surface area contributed by atoms with Crippen molar-refractivity contribution in [2.24, 2.45) is 0 Å². The standard InChI is InChI=1S/C21H19ClN2O3S/c1-14-3-4-15(2)20(13-14)23-21(25)16-5-11-19(12-6-16)28(26,27)24-18-9-7-17(22)8-10-18/h3-13,24H,1-2H3,(H,23,25). The third-order valence-corrected chi connectivity index (χ3v) is 5.81. The first-order valence-corrected chi connectivity index (χ1v) is 10.4. The Morgan fingerprint density at radius 2 is 1.54 bits per heavy atom. The molecule has 2 N–H and O–H groups in total. The molecule has 0 aliphatic carbocycles. The van der Waals surface area contributed by atoms with Crippen LogP contribution in [0.5, 0.6) is 0 Å². The molecule has 0 spiro atoms. The van der Waals surface area contributed by atoms with Crippen LogP contribution in [0, 0.1) is 13.8 Å². The molecule has 0 aliphatic rings. The SMILES string of the molecule is Cc1ccc(C)c(NC(=O)c2ccc(S(=O)(=O)Nc3ccc(Cl)cc3)cc2)c1. The molecule has 0 unspecified atom stereocenters. The smallest absolute Gasteiger partial charge is 0.261 e. The van der Waals surface area contributed by atoms with E-state index in [0.29, 0.717) is 16.3 Å². The van der Waals surface area contributed by atoms with Crippen LogP contribution in [0.3, 0.4) is 0 Å². The van der Waals surface area contributed by atoms with Crippen molar-refractivity contribution in [2.45, 2.75) is 18.7 Å². The summed E-state index contributed by atoms with van der Waals surface area (Å²) in [5, 5.41) is 3.37. The number of nitrogens with one attached hydrogen (secondary N) is 2. The number of anilines is 2. The second kappa shape index (κ2) is 8.04. The third-order valence-electron chi connectivity index (χ3n) is 4.16.